The van der Waals surface area contributed by atoms with Crippen molar-refractivity contribution in [1.82, 2.24) is 4.90 Å². The Labute approximate surface area is 139 Å². The smallest absolute Gasteiger partial charge is 0.310 e. The fourth-order valence-corrected chi connectivity index (χ4v) is 2.74. The quantitative estimate of drug-likeness (QED) is 0.665. The SMILES string of the molecule is CN(C)CCOC(=O)Cc1cccc2oc3ccc(Cl)cc3c12. The number of fused-ring (bicyclic) bond motifs is 3. The summed E-state index contributed by atoms with van der Waals surface area (Å²) in [5.41, 5.74) is 2.40. The number of nitrogens with zero attached hydrogens (tertiary/aromatic N) is 1. The van der Waals surface area contributed by atoms with E-state index in [4.69, 9.17) is 20.8 Å². The van der Waals surface area contributed by atoms with Crippen LogP contribution in [0.3, 0.4) is 0 Å². The zero-order valence-corrected chi connectivity index (χ0v) is 13.9. The number of carbonyl (C=O) groups excluding carboxylic acids is 1. The van der Waals surface area contributed by atoms with Crippen molar-refractivity contribution in [2.24, 2.45) is 0 Å². The van der Waals surface area contributed by atoms with E-state index in [2.05, 4.69) is 0 Å². The predicted molar refractivity (Wildman–Crippen MR) is 91.9 cm³/mol. The minimum atomic E-state index is -0.240. The van der Waals surface area contributed by atoms with Crippen LogP contribution in [-0.2, 0) is 16.0 Å². The number of esters is 1. The Kier molecular flexibility index (Phi) is 4.55. The highest BCUT2D eigenvalue weighted by atomic mass is 35.5. The highest BCUT2D eigenvalue weighted by Crippen LogP contribution is 2.33. The minimum absolute atomic E-state index is 0.214. The standard InChI is InChI=1S/C18H18ClNO3/c1-20(2)8-9-22-17(21)10-12-4-3-5-16-18(12)14-11-13(19)6-7-15(14)23-16/h3-7,11H,8-10H2,1-2H3. The van der Waals surface area contributed by atoms with Crippen molar-refractivity contribution in [3.8, 4) is 0 Å². The van der Waals surface area contributed by atoms with Crippen LogP contribution in [0.15, 0.2) is 40.8 Å². The molecule has 0 unspecified atom stereocenters. The van der Waals surface area contributed by atoms with E-state index in [-0.39, 0.29) is 12.4 Å². The number of rotatable bonds is 5. The summed E-state index contributed by atoms with van der Waals surface area (Å²) in [4.78, 5) is 14.0. The Morgan fingerprint density at radius 3 is 2.83 bits per heavy atom. The lowest BCUT2D eigenvalue weighted by Gasteiger charge is -2.10. The van der Waals surface area contributed by atoms with Gasteiger partial charge in [0.25, 0.3) is 0 Å². The van der Waals surface area contributed by atoms with Crippen LogP contribution in [0.1, 0.15) is 5.56 Å². The van der Waals surface area contributed by atoms with E-state index in [9.17, 15) is 4.79 Å². The summed E-state index contributed by atoms with van der Waals surface area (Å²) in [5.74, 6) is -0.240. The maximum atomic E-state index is 12.1. The third kappa shape index (κ3) is 3.49. The maximum Gasteiger partial charge on any atom is 0.310 e. The first-order chi connectivity index (χ1) is 11.0. The lowest BCUT2D eigenvalue weighted by molar-refractivity contribution is -0.143. The van der Waals surface area contributed by atoms with E-state index in [1.165, 1.54) is 0 Å². The summed E-state index contributed by atoms with van der Waals surface area (Å²) in [5, 5.41) is 2.49. The molecule has 2 aromatic carbocycles. The number of halogens is 1. The Morgan fingerprint density at radius 2 is 2.04 bits per heavy atom. The van der Waals surface area contributed by atoms with Crippen LogP contribution in [-0.4, -0.2) is 38.1 Å². The fraction of sp³-hybridized carbons (Fsp3) is 0.278. The van der Waals surface area contributed by atoms with E-state index >= 15 is 0 Å². The summed E-state index contributed by atoms with van der Waals surface area (Å²) < 4.78 is 11.1. The van der Waals surface area contributed by atoms with Gasteiger partial charge in [-0.05, 0) is 43.9 Å². The Hall–Kier alpha value is -2.04. The highest BCUT2D eigenvalue weighted by molar-refractivity contribution is 6.31. The molecule has 0 aliphatic rings. The fourth-order valence-electron chi connectivity index (χ4n) is 2.57. The first kappa shape index (κ1) is 15.8. The molecule has 0 N–H and O–H groups in total. The van der Waals surface area contributed by atoms with Gasteiger partial charge in [0.15, 0.2) is 0 Å². The van der Waals surface area contributed by atoms with Crippen LogP contribution >= 0.6 is 11.6 Å². The van der Waals surface area contributed by atoms with Gasteiger partial charge in [-0.1, -0.05) is 23.7 Å². The molecule has 120 valence electrons. The topological polar surface area (TPSA) is 42.7 Å². The van der Waals surface area contributed by atoms with E-state index in [1.807, 2.05) is 49.3 Å². The van der Waals surface area contributed by atoms with Gasteiger partial charge in [0.2, 0.25) is 0 Å². The Balaban J connectivity index is 1.90. The normalized spacial score (nSPS) is 11.5. The molecule has 5 heteroatoms. The van der Waals surface area contributed by atoms with Crippen LogP contribution in [0.4, 0.5) is 0 Å². The largest absolute Gasteiger partial charge is 0.464 e. The van der Waals surface area contributed by atoms with Gasteiger partial charge in [-0.25, -0.2) is 0 Å². The van der Waals surface area contributed by atoms with Gasteiger partial charge in [-0.3, -0.25) is 4.79 Å². The van der Waals surface area contributed by atoms with Gasteiger partial charge in [0.05, 0.1) is 6.42 Å². The summed E-state index contributed by atoms with van der Waals surface area (Å²) in [6, 6.07) is 11.2. The second-order valence-electron chi connectivity index (χ2n) is 5.73. The average Bonchev–Trinajstić information content (AvgIpc) is 2.85. The van der Waals surface area contributed by atoms with Gasteiger partial charge in [0.1, 0.15) is 17.8 Å². The molecule has 0 radical (unpaired) electrons. The third-order valence-electron chi connectivity index (χ3n) is 3.68. The van der Waals surface area contributed by atoms with Crippen LogP contribution < -0.4 is 0 Å². The van der Waals surface area contributed by atoms with E-state index in [0.717, 1.165) is 27.5 Å². The van der Waals surface area contributed by atoms with Crippen molar-refractivity contribution in [3.05, 3.63) is 47.0 Å². The number of likely N-dealkylation sites (N-methyl/N-ethyl adjacent to an activating group) is 1. The molecule has 0 bridgehead atoms. The molecule has 0 fully saturated rings. The molecule has 0 amide bonds. The third-order valence-corrected chi connectivity index (χ3v) is 3.91. The highest BCUT2D eigenvalue weighted by Gasteiger charge is 2.14. The van der Waals surface area contributed by atoms with Gasteiger partial charge in [0, 0.05) is 22.3 Å². The monoisotopic (exact) mass is 331 g/mol. The molecule has 3 rings (SSSR count). The van der Waals surface area contributed by atoms with E-state index in [0.29, 0.717) is 18.2 Å². The van der Waals surface area contributed by atoms with Crippen molar-refractivity contribution in [2.45, 2.75) is 6.42 Å². The molecular weight excluding hydrogens is 314 g/mol. The molecule has 1 heterocycles. The van der Waals surface area contributed by atoms with E-state index in [1.54, 1.807) is 6.07 Å². The van der Waals surface area contributed by atoms with Crippen LogP contribution in [0.5, 0.6) is 0 Å². The molecule has 0 aliphatic heterocycles. The summed E-state index contributed by atoms with van der Waals surface area (Å²) in [7, 11) is 3.88. The average molecular weight is 332 g/mol. The Morgan fingerprint density at radius 1 is 1.22 bits per heavy atom. The van der Waals surface area contributed by atoms with Crippen molar-refractivity contribution in [3.63, 3.8) is 0 Å². The number of carbonyl (C=O) groups is 1. The molecule has 1 aromatic heterocycles. The first-order valence-corrected chi connectivity index (χ1v) is 7.82. The molecule has 0 aliphatic carbocycles. The van der Waals surface area contributed by atoms with Crippen molar-refractivity contribution >= 4 is 39.5 Å². The Bertz CT molecular complexity index is 854. The van der Waals surface area contributed by atoms with Gasteiger partial charge in [-0.2, -0.15) is 0 Å². The van der Waals surface area contributed by atoms with Gasteiger partial charge < -0.3 is 14.1 Å². The van der Waals surface area contributed by atoms with Gasteiger partial charge in [-0.15, -0.1) is 0 Å². The van der Waals surface area contributed by atoms with Crippen LogP contribution in [0.25, 0.3) is 21.9 Å². The summed E-state index contributed by atoms with van der Waals surface area (Å²) in [6.45, 7) is 1.10. The zero-order chi connectivity index (χ0) is 16.4. The lowest BCUT2D eigenvalue weighted by Crippen LogP contribution is -2.20. The number of benzene rings is 2. The lowest BCUT2D eigenvalue weighted by atomic mass is 10.0. The maximum absolute atomic E-state index is 12.1. The minimum Gasteiger partial charge on any atom is -0.464 e. The molecule has 4 nitrogen and oxygen atoms in total. The number of hydrogen-bond acceptors (Lipinski definition) is 4. The summed E-state index contributed by atoms with van der Waals surface area (Å²) >= 11 is 6.09. The molecule has 23 heavy (non-hydrogen) atoms. The van der Waals surface area contributed by atoms with Crippen molar-refractivity contribution in [1.29, 1.82) is 0 Å². The van der Waals surface area contributed by atoms with Gasteiger partial charge >= 0.3 is 5.97 Å². The van der Waals surface area contributed by atoms with Crippen molar-refractivity contribution < 1.29 is 13.9 Å². The molecule has 3 aromatic rings. The van der Waals surface area contributed by atoms with E-state index < -0.39 is 0 Å². The first-order valence-electron chi connectivity index (χ1n) is 7.44. The molecular formula is C18H18ClNO3. The number of ether oxygens (including phenoxy) is 1. The molecule has 0 saturated heterocycles. The second kappa shape index (κ2) is 6.60. The molecule has 0 atom stereocenters. The summed E-state index contributed by atoms with van der Waals surface area (Å²) in [6.07, 6.45) is 0.214. The molecule has 0 saturated carbocycles. The second-order valence-corrected chi connectivity index (χ2v) is 6.17. The van der Waals surface area contributed by atoms with Crippen LogP contribution in [0, 0.1) is 0 Å². The number of hydrogen-bond donors (Lipinski definition) is 0. The zero-order valence-electron chi connectivity index (χ0n) is 13.1. The number of furan rings is 1. The van der Waals surface area contributed by atoms with Crippen molar-refractivity contribution in [2.75, 3.05) is 27.2 Å². The predicted octanol–water partition coefficient (Wildman–Crippen LogP) is 3.89. The molecule has 0 spiro atoms. The van der Waals surface area contributed by atoms with Crippen LogP contribution in [0.2, 0.25) is 5.02 Å².